The van der Waals surface area contributed by atoms with Crippen molar-refractivity contribution in [1.82, 2.24) is 15.2 Å². The minimum atomic E-state index is -0.0854. The van der Waals surface area contributed by atoms with E-state index in [1.807, 2.05) is 19.2 Å². The van der Waals surface area contributed by atoms with E-state index in [9.17, 15) is 9.59 Å². The molecule has 2 rings (SSSR count). The van der Waals surface area contributed by atoms with Crippen LogP contribution in [-0.4, -0.2) is 47.9 Å². The first-order chi connectivity index (χ1) is 11.4. The summed E-state index contributed by atoms with van der Waals surface area (Å²) in [6.45, 7) is 9.94. The van der Waals surface area contributed by atoms with Crippen LogP contribution < -0.4 is 10.6 Å². The van der Waals surface area contributed by atoms with Crippen LogP contribution in [0.25, 0.3) is 0 Å². The number of hydrogen-bond donors (Lipinski definition) is 2. The minimum Gasteiger partial charge on any atom is -0.355 e. The van der Waals surface area contributed by atoms with E-state index in [4.69, 9.17) is 0 Å². The molecule has 2 heterocycles. The van der Waals surface area contributed by atoms with Crippen LogP contribution in [-0.2, 0) is 16.0 Å². The molecule has 7 heteroatoms. The third-order valence-electron chi connectivity index (χ3n) is 4.06. The molecule has 0 radical (unpaired) electrons. The molecular weight excluding hydrogens is 324 g/mol. The molecule has 0 bridgehead atoms. The summed E-state index contributed by atoms with van der Waals surface area (Å²) in [6, 6.07) is 0. The molecule has 1 aromatic rings. The SMILES string of the molecule is CC(CNC(=O)Cc1csc(NC(=O)C(C)C)n1)CN1CCCC1. The van der Waals surface area contributed by atoms with Gasteiger partial charge in [-0.2, -0.15) is 0 Å². The summed E-state index contributed by atoms with van der Waals surface area (Å²) in [4.78, 5) is 30.4. The van der Waals surface area contributed by atoms with E-state index in [1.165, 1.54) is 37.3 Å². The Morgan fingerprint density at radius 1 is 1.29 bits per heavy atom. The molecule has 0 aromatic carbocycles. The monoisotopic (exact) mass is 352 g/mol. The highest BCUT2D eigenvalue weighted by atomic mass is 32.1. The smallest absolute Gasteiger partial charge is 0.228 e. The number of amides is 2. The van der Waals surface area contributed by atoms with Crippen molar-refractivity contribution >= 4 is 28.3 Å². The number of carbonyl (C=O) groups excluding carboxylic acids is 2. The second kappa shape index (κ2) is 9.13. The van der Waals surface area contributed by atoms with Gasteiger partial charge in [0.05, 0.1) is 12.1 Å². The maximum absolute atomic E-state index is 12.0. The molecular formula is C17H28N4O2S. The highest BCUT2D eigenvalue weighted by Gasteiger charge is 2.16. The maximum atomic E-state index is 12.0. The fourth-order valence-corrected chi connectivity index (χ4v) is 3.39. The molecule has 2 N–H and O–H groups in total. The lowest BCUT2D eigenvalue weighted by molar-refractivity contribution is -0.120. The number of hydrogen-bond acceptors (Lipinski definition) is 5. The third kappa shape index (κ3) is 6.20. The molecule has 0 aliphatic carbocycles. The Hall–Kier alpha value is -1.47. The lowest BCUT2D eigenvalue weighted by Crippen LogP contribution is -2.35. The van der Waals surface area contributed by atoms with Gasteiger partial charge in [0.15, 0.2) is 5.13 Å². The molecule has 1 saturated heterocycles. The van der Waals surface area contributed by atoms with Crippen LogP contribution in [0.15, 0.2) is 5.38 Å². The zero-order valence-corrected chi connectivity index (χ0v) is 15.6. The van der Waals surface area contributed by atoms with Gasteiger partial charge in [-0.1, -0.05) is 20.8 Å². The summed E-state index contributed by atoms with van der Waals surface area (Å²) in [5, 5.41) is 8.12. The Morgan fingerprint density at radius 2 is 2.00 bits per heavy atom. The molecule has 1 aliphatic rings. The first-order valence-electron chi connectivity index (χ1n) is 8.68. The average molecular weight is 353 g/mol. The second-order valence-corrected chi connectivity index (χ2v) is 7.74. The van der Waals surface area contributed by atoms with Crippen LogP contribution >= 0.6 is 11.3 Å². The molecule has 1 atom stereocenters. The fourth-order valence-electron chi connectivity index (χ4n) is 2.68. The summed E-state index contributed by atoms with van der Waals surface area (Å²) < 4.78 is 0. The van der Waals surface area contributed by atoms with Crippen molar-refractivity contribution in [3.63, 3.8) is 0 Å². The zero-order chi connectivity index (χ0) is 17.5. The highest BCUT2D eigenvalue weighted by molar-refractivity contribution is 7.13. The van der Waals surface area contributed by atoms with Gasteiger partial charge in [0.1, 0.15) is 0 Å². The first kappa shape index (κ1) is 18.9. The number of nitrogens with zero attached hydrogens (tertiary/aromatic N) is 2. The van der Waals surface area contributed by atoms with E-state index in [0.717, 1.165) is 6.54 Å². The molecule has 1 fully saturated rings. The molecule has 1 aliphatic heterocycles. The van der Waals surface area contributed by atoms with Gasteiger partial charge in [-0.25, -0.2) is 4.98 Å². The lowest BCUT2D eigenvalue weighted by Gasteiger charge is -2.20. The number of likely N-dealkylation sites (tertiary alicyclic amines) is 1. The number of aromatic nitrogens is 1. The van der Waals surface area contributed by atoms with Crippen LogP contribution in [0.2, 0.25) is 0 Å². The Morgan fingerprint density at radius 3 is 2.67 bits per heavy atom. The highest BCUT2D eigenvalue weighted by Crippen LogP contribution is 2.16. The van der Waals surface area contributed by atoms with Crippen molar-refractivity contribution in [2.24, 2.45) is 11.8 Å². The quantitative estimate of drug-likeness (QED) is 0.752. The lowest BCUT2D eigenvalue weighted by atomic mass is 10.1. The largest absolute Gasteiger partial charge is 0.355 e. The molecule has 1 unspecified atom stereocenters. The predicted molar refractivity (Wildman–Crippen MR) is 97.1 cm³/mol. The third-order valence-corrected chi connectivity index (χ3v) is 4.87. The maximum Gasteiger partial charge on any atom is 0.228 e. The van der Waals surface area contributed by atoms with Gasteiger partial charge in [-0.05, 0) is 31.8 Å². The Kier molecular flexibility index (Phi) is 7.17. The van der Waals surface area contributed by atoms with Crippen LogP contribution in [0.1, 0.15) is 39.3 Å². The van der Waals surface area contributed by atoms with Crippen LogP contribution in [0.5, 0.6) is 0 Å². The van der Waals surface area contributed by atoms with Gasteiger partial charge < -0.3 is 15.5 Å². The van der Waals surface area contributed by atoms with Crippen molar-refractivity contribution in [3.8, 4) is 0 Å². The van der Waals surface area contributed by atoms with E-state index in [2.05, 4.69) is 27.4 Å². The number of nitrogens with one attached hydrogen (secondary N) is 2. The number of carbonyl (C=O) groups is 2. The van der Waals surface area contributed by atoms with Crippen molar-refractivity contribution in [3.05, 3.63) is 11.1 Å². The minimum absolute atomic E-state index is 0.0182. The second-order valence-electron chi connectivity index (χ2n) is 6.88. The van der Waals surface area contributed by atoms with Crippen LogP contribution in [0.4, 0.5) is 5.13 Å². The van der Waals surface area contributed by atoms with E-state index >= 15 is 0 Å². The van der Waals surface area contributed by atoms with Crippen LogP contribution in [0.3, 0.4) is 0 Å². The molecule has 6 nitrogen and oxygen atoms in total. The van der Waals surface area contributed by atoms with Gasteiger partial charge in [0.2, 0.25) is 11.8 Å². The standard InChI is InChI=1S/C17H28N4O2S/c1-12(2)16(23)20-17-19-14(11-24-17)8-15(22)18-9-13(3)10-21-6-4-5-7-21/h11-13H,4-10H2,1-3H3,(H,18,22)(H,19,20,23). The number of rotatable bonds is 8. The summed E-state index contributed by atoms with van der Waals surface area (Å²) in [7, 11) is 0. The zero-order valence-electron chi connectivity index (χ0n) is 14.8. The number of anilines is 1. The van der Waals surface area contributed by atoms with E-state index in [1.54, 1.807) is 0 Å². The summed E-state index contributed by atoms with van der Waals surface area (Å²) >= 11 is 1.35. The fraction of sp³-hybridized carbons (Fsp3) is 0.706. The summed E-state index contributed by atoms with van der Waals surface area (Å²) in [5.74, 6) is 0.285. The van der Waals surface area contributed by atoms with Crippen LogP contribution in [0, 0.1) is 11.8 Å². The van der Waals surface area contributed by atoms with Gasteiger partial charge in [0, 0.05) is 24.4 Å². The average Bonchev–Trinajstić information content (AvgIpc) is 3.17. The molecule has 2 amide bonds. The van der Waals surface area contributed by atoms with E-state index in [-0.39, 0.29) is 24.2 Å². The van der Waals surface area contributed by atoms with E-state index < -0.39 is 0 Å². The molecule has 24 heavy (non-hydrogen) atoms. The molecule has 1 aromatic heterocycles. The van der Waals surface area contributed by atoms with Gasteiger partial charge in [-0.3, -0.25) is 9.59 Å². The molecule has 0 spiro atoms. The Labute approximate surface area is 148 Å². The number of thiazole rings is 1. The predicted octanol–water partition coefficient (Wildman–Crippen LogP) is 2.13. The summed E-state index contributed by atoms with van der Waals surface area (Å²) in [5.41, 5.74) is 0.698. The van der Waals surface area contributed by atoms with Crippen molar-refractivity contribution in [1.29, 1.82) is 0 Å². The van der Waals surface area contributed by atoms with Gasteiger partial charge >= 0.3 is 0 Å². The van der Waals surface area contributed by atoms with Gasteiger partial charge in [-0.15, -0.1) is 11.3 Å². The van der Waals surface area contributed by atoms with E-state index in [0.29, 0.717) is 23.3 Å². The van der Waals surface area contributed by atoms with Gasteiger partial charge in [0.25, 0.3) is 0 Å². The summed E-state index contributed by atoms with van der Waals surface area (Å²) in [6.07, 6.45) is 2.83. The topological polar surface area (TPSA) is 74.3 Å². The van der Waals surface area contributed by atoms with Crippen molar-refractivity contribution in [2.75, 3.05) is 31.5 Å². The Bertz CT molecular complexity index is 553. The first-order valence-corrected chi connectivity index (χ1v) is 9.56. The normalized spacial score (nSPS) is 16.3. The Balaban J connectivity index is 1.70. The molecule has 0 saturated carbocycles. The molecule has 134 valence electrons. The van der Waals surface area contributed by atoms with Crippen molar-refractivity contribution in [2.45, 2.75) is 40.0 Å². The van der Waals surface area contributed by atoms with Crippen molar-refractivity contribution < 1.29 is 9.59 Å².